The Labute approximate surface area is 235 Å². The number of para-hydroxylation sites is 6. The van der Waals surface area contributed by atoms with Gasteiger partial charge in [0.15, 0.2) is 0 Å². The fourth-order valence-corrected chi connectivity index (χ4v) is 6.56. The van der Waals surface area contributed by atoms with Gasteiger partial charge in [0.2, 0.25) is 5.95 Å². The molecule has 41 heavy (non-hydrogen) atoms. The molecule has 0 unspecified atom stereocenters. The minimum absolute atomic E-state index is 0.880. The van der Waals surface area contributed by atoms with Crippen molar-refractivity contribution >= 4 is 54.6 Å². The molecule has 0 N–H and O–H groups in total. The van der Waals surface area contributed by atoms with Crippen LogP contribution in [0.3, 0.4) is 0 Å². The lowest BCUT2D eigenvalue weighted by molar-refractivity contribution is 0.956. The topological polar surface area (TPSA) is 27.7 Å². The molecule has 0 aliphatic heterocycles. The molecule has 0 radical (unpaired) electrons. The van der Waals surface area contributed by atoms with Gasteiger partial charge in [0, 0.05) is 32.9 Å². The summed E-state index contributed by atoms with van der Waals surface area (Å²) in [6.07, 6.45) is 0. The first kappa shape index (κ1) is 22.2. The van der Waals surface area contributed by atoms with E-state index in [2.05, 4.69) is 159 Å². The van der Waals surface area contributed by atoms with Crippen LogP contribution in [0.5, 0.6) is 0 Å². The fourth-order valence-electron chi connectivity index (χ4n) is 6.56. The Morgan fingerprint density at radius 1 is 0.366 bits per heavy atom. The smallest absolute Gasteiger partial charge is 0.220 e. The second-order valence-electron chi connectivity index (χ2n) is 10.5. The van der Waals surface area contributed by atoms with Crippen LogP contribution < -0.4 is 0 Å². The van der Waals surface area contributed by atoms with Crippen molar-refractivity contribution in [1.29, 1.82) is 0 Å². The summed E-state index contributed by atoms with van der Waals surface area (Å²) in [5.74, 6) is 0.880. The van der Waals surface area contributed by atoms with Crippen molar-refractivity contribution in [3.8, 4) is 17.3 Å². The predicted molar refractivity (Wildman–Crippen MR) is 170 cm³/mol. The molecule has 0 aliphatic carbocycles. The number of aromatic nitrogens is 4. The molecule has 9 aromatic rings. The summed E-state index contributed by atoms with van der Waals surface area (Å²) >= 11 is 0. The van der Waals surface area contributed by atoms with Crippen molar-refractivity contribution in [1.82, 2.24) is 18.7 Å². The molecule has 0 aliphatic rings. The van der Waals surface area contributed by atoms with Gasteiger partial charge in [-0.3, -0.25) is 9.13 Å². The number of hydrogen-bond acceptors (Lipinski definition) is 1. The largest absolute Gasteiger partial charge is 0.309 e. The molecule has 4 heteroatoms. The molecule has 0 fully saturated rings. The van der Waals surface area contributed by atoms with Crippen LogP contribution >= 0.6 is 0 Å². The fraction of sp³-hybridized carbons (Fsp3) is 0. The molecule has 4 nitrogen and oxygen atoms in total. The van der Waals surface area contributed by atoms with Gasteiger partial charge < -0.3 is 4.57 Å². The Bertz CT molecular complexity index is 2410. The van der Waals surface area contributed by atoms with Gasteiger partial charge in [-0.2, -0.15) is 0 Å². The lowest BCUT2D eigenvalue weighted by Crippen LogP contribution is -2.05. The number of nitrogens with zero attached hydrogens (tertiary/aromatic N) is 4. The number of benzene rings is 6. The Morgan fingerprint density at radius 3 is 1.66 bits per heavy atom. The third-order valence-corrected chi connectivity index (χ3v) is 8.24. The van der Waals surface area contributed by atoms with Crippen molar-refractivity contribution < 1.29 is 0 Å². The molecule has 9 rings (SSSR count). The molecule has 6 aromatic carbocycles. The molecule has 192 valence electrons. The molecule has 3 heterocycles. The van der Waals surface area contributed by atoms with Gasteiger partial charge in [-0.05, 0) is 54.6 Å². The minimum atomic E-state index is 0.880. The highest BCUT2D eigenvalue weighted by molar-refractivity contribution is 6.26. The first-order chi connectivity index (χ1) is 20.4. The summed E-state index contributed by atoms with van der Waals surface area (Å²) < 4.78 is 7.03. The first-order valence-corrected chi connectivity index (χ1v) is 13.9. The van der Waals surface area contributed by atoms with Crippen molar-refractivity contribution in [3.63, 3.8) is 0 Å². The van der Waals surface area contributed by atoms with Gasteiger partial charge in [-0.15, -0.1) is 0 Å². The molecule has 3 aromatic heterocycles. The summed E-state index contributed by atoms with van der Waals surface area (Å²) in [6, 6.07) is 51.6. The van der Waals surface area contributed by atoms with Crippen LogP contribution in [0.25, 0.3) is 72.0 Å². The van der Waals surface area contributed by atoms with Crippen molar-refractivity contribution in [2.45, 2.75) is 0 Å². The summed E-state index contributed by atoms with van der Waals surface area (Å²) in [7, 11) is 0. The van der Waals surface area contributed by atoms with E-state index in [0.29, 0.717) is 0 Å². The number of fused-ring (bicyclic) bond motifs is 8. The van der Waals surface area contributed by atoms with Gasteiger partial charge in [0.05, 0.1) is 33.1 Å². The maximum absolute atomic E-state index is 5.25. The van der Waals surface area contributed by atoms with E-state index < -0.39 is 0 Å². The zero-order valence-corrected chi connectivity index (χ0v) is 22.1. The Kier molecular flexibility index (Phi) is 4.58. The van der Waals surface area contributed by atoms with Crippen LogP contribution in [0.1, 0.15) is 0 Å². The Hall–Kier alpha value is -5.61. The van der Waals surface area contributed by atoms with E-state index in [4.69, 9.17) is 4.98 Å². The molecule has 0 atom stereocenters. The van der Waals surface area contributed by atoms with Gasteiger partial charge in [-0.1, -0.05) is 91.0 Å². The van der Waals surface area contributed by atoms with Crippen molar-refractivity contribution in [3.05, 3.63) is 146 Å². The summed E-state index contributed by atoms with van der Waals surface area (Å²) in [5, 5.41) is 4.93. The second-order valence-corrected chi connectivity index (χ2v) is 10.5. The molecular formula is C37H24N4. The quantitative estimate of drug-likeness (QED) is 0.226. The number of imidazole rings is 1. The summed E-state index contributed by atoms with van der Waals surface area (Å²) in [4.78, 5) is 5.25. The van der Waals surface area contributed by atoms with Gasteiger partial charge in [0.1, 0.15) is 0 Å². The third kappa shape index (κ3) is 3.07. The van der Waals surface area contributed by atoms with Gasteiger partial charge in [-0.25, -0.2) is 4.98 Å². The number of rotatable bonds is 3. The van der Waals surface area contributed by atoms with Gasteiger partial charge >= 0.3 is 0 Å². The van der Waals surface area contributed by atoms with Crippen LogP contribution in [-0.2, 0) is 0 Å². The highest BCUT2D eigenvalue weighted by Gasteiger charge is 2.23. The van der Waals surface area contributed by atoms with E-state index in [-0.39, 0.29) is 0 Å². The van der Waals surface area contributed by atoms with E-state index in [0.717, 1.165) is 39.4 Å². The zero-order chi connectivity index (χ0) is 26.9. The average Bonchev–Trinajstić information content (AvgIpc) is 3.69. The molecule has 0 saturated heterocycles. The van der Waals surface area contributed by atoms with Crippen molar-refractivity contribution in [2.24, 2.45) is 0 Å². The molecular weight excluding hydrogens is 500 g/mol. The zero-order valence-electron chi connectivity index (χ0n) is 22.1. The maximum atomic E-state index is 5.25. The maximum Gasteiger partial charge on any atom is 0.220 e. The van der Waals surface area contributed by atoms with E-state index in [1.807, 2.05) is 0 Å². The summed E-state index contributed by atoms with van der Waals surface area (Å²) in [5.41, 5.74) is 8.97. The second kappa shape index (κ2) is 8.44. The lowest BCUT2D eigenvalue weighted by atomic mass is 10.1. The predicted octanol–water partition coefficient (Wildman–Crippen LogP) is 9.22. The minimum Gasteiger partial charge on any atom is -0.309 e. The van der Waals surface area contributed by atoms with E-state index in [1.165, 1.54) is 32.6 Å². The molecule has 0 bridgehead atoms. The van der Waals surface area contributed by atoms with E-state index >= 15 is 0 Å². The third-order valence-electron chi connectivity index (χ3n) is 8.24. The SMILES string of the molecule is c1ccc(-n2c(-n3c4ccccc4c4c3ccc3c5ccccc5n(-c5ccccc5)c34)nc3ccccc32)cc1. The highest BCUT2D eigenvalue weighted by atomic mass is 15.2. The van der Waals surface area contributed by atoms with Crippen LogP contribution in [0, 0.1) is 0 Å². The van der Waals surface area contributed by atoms with Crippen LogP contribution in [0.2, 0.25) is 0 Å². The number of hydrogen-bond donors (Lipinski definition) is 0. The van der Waals surface area contributed by atoms with E-state index in [1.54, 1.807) is 0 Å². The molecule has 0 amide bonds. The average molecular weight is 525 g/mol. The highest BCUT2D eigenvalue weighted by Crippen LogP contribution is 2.42. The normalized spacial score (nSPS) is 11.9. The van der Waals surface area contributed by atoms with Crippen LogP contribution in [0.4, 0.5) is 0 Å². The van der Waals surface area contributed by atoms with Crippen LogP contribution in [0.15, 0.2) is 146 Å². The lowest BCUT2D eigenvalue weighted by Gasteiger charge is -2.12. The Morgan fingerprint density at radius 2 is 0.927 bits per heavy atom. The summed E-state index contributed by atoms with van der Waals surface area (Å²) in [6.45, 7) is 0. The molecule has 0 spiro atoms. The van der Waals surface area contributed by atoms with E-state index in [9.17, 15) is 0 Å². The molecule has 0 saturated carbocycles. The first-order valence-electron chi connectivity index (χ1n) is 13.9. The van der Waals surface area contributed by atoms with Crippen LogP contribution in [-0.4, -0.2) is 18.7 Å². The van der Waals surface area contributed by atoms with Crippen molar-refractivity contribution in [2.75, 3.05) is 0 Å². The Balaban J connectivity index is 1.50. The monoisotopic (exact) mass is 524 g/mol. The van der Waals surface area contributed by atoms with Gasteiger partial charge in [0.25, 0.3) is 0 Å². The standard InChI is InChI=1S/C37H24N4/c1-3-13-25(14-4-1)39-31-20-10-7-17-27(31)28-23-24-34-35(36(28)39)29-18-8-11-21-32(29)41(34)37-38-30-19-9-12-22-33(30)40(37)26-15-5-2-6-16-26/h1-24H.